The first-order valence-electron chi connectivity index (χ1n) is 5.82. The van der Waals surface area contributed by atoms with Gasteiger partial charge in [0.1, 0.15) is 5.69 Å². The lowest BCUT2D eigenvalue weighted by Gasteiger charge is -2.27. The van der Waals surface area contributed by atoms with Gasteiger partial charge < -0.3 is 10.4 Å². The van der Waals surface area contributed by atoms with Gasteiger partial charge in [-0.2, -0.15) is 5.10 Å². The van der Waals surface area contributed by atoms with Crippen molar-refractivity contribution in [1.29, 1.82) is 0 Å². The molecular weight excluding hydrogens is 234 g/mol. The maximum Gasteiger partial charge on any atom is 0.305 e. The van der Waals surface area contributed by atoms with E-state index < -0.39 is 11.5 Å². The van der Waals surface area contributed by atoms with Crippen LogP contribution in [0.4, 0.5) is 0 Å². The van der Waals surface area contributed by atoms with Gasteiger partial charge in [0.25, 0.3) is 5.91 Å². The normalized spacial score (nSPS) is 14.0. The Kier molecular flexibility index (Phi) is 4.11. The monoisotopic (exact) mass is 253 g/mol. The van der Waals surface area contributed by atoms with Crippen LogP contribution in [0.25, 0.3) is 0 Å². The van der Waals surface area contributed by atoms with Crippen LogP contribution < -0.4 is 5.32 Å². The molecular formula is C12H19N3O3. The van der Waals surface area contributed by atoms with E-state index in [0.717, 1.165) is 5.69 Å². The molecule has 0 aliphatic rings. The van der Waals surface area contributed by atoms with E-state index in [2.05, 4.69) is 10.4 Å². The zero-order chi connectivity index (χ0) is 13.9. The SMILES string of the molecule is CC[C@@](C)(CC(=O)O)NC(=O)c1cc(C)nn1C. The Hall–Kier alpha value is -1.85. The Balaban J connectivity index is 2.85. The molecule has 6 nitrogen and oxygen atoms in total. The molecule has 0 saturated carbocycles. The molecule has 0 bridgehead atoms. The number of aromatic nitrogens is 2. The van der Waals surface area contributed by atoms with Crippen LogP contribution in [-0.4, -0.2) is 32.3 Å². The van der Waals surface area contributed by atoms with Crippen molar-refractivity contribution in [3.05, 3.63) is 17.5 Å². The number of aryl methyl sites for hydroxylation is 2. The first-order chi connectivity index (χ1) is 8.27. The summed E-state index contributed by atoms with van der Waals surface area (Å²) in [6.45, 7) is 5.37. The van der Waals surface area contributed by atoms with Crippen molar-refractivity contribution < 1.29 is 14.7 Å². The first-order valence-corrected chi connectivity index (χ1v) is 5.82. The fraction of sp³-hybridized carbons (Fsp3) is 0.583. The summed E-state index contributed by atoms with van der Waals surface area (Å²) in [5.41, 5.74) is 0.429. The molecule has 1 heterocycles. The summed E-state index contributed by atoms with van der Waals surface area (Å²) in [6.07, 6.45) is 0.438. The van der Waals surface area contributed by atoms with Crippen LogP contribution in [0.15, 0.2) is 6.07 Å². The van der Waals surface area contributed by atoms with E-state index in [4.69, 9.17) is 5.11 Å². The van der Waals surface area contributed by atoms with Gasteiger partial charge in [-0.25, -0.2) is 0 Å². The fourth-order valence-corrected chi connectivity index (χ4v) is 1.75. The van der Waals surface area contributed by atoms with Gasteiger partial charge in [0.2, 0.25) is 0 Å². The zero-order valence-corrected chi connectivity index (χ0v) is 11.1. The van der Waals surface area contributed by atoms with E-state index >= 15 is 0 Å². The van der Waals surface area contributed by atoms with E-state index in [0.29, 0.717) is 12.1 Å². The number of hydrogen-bond donors (Lipinski definition) is 2. The Bertz CT molecular complexity index is 467. The van der Waals surface area contributed by atoms with Crippen molar-refractivity contribution in [2.45, 2.75) is 39.2 Å². The minimum Gasteiger partial charge on any atom is -0.481 e. The summed E-state index contributed by atoms with van der Waals surface area (Å²) in [7, 11) is 1.68. The number of carbonyl (C=O) groups is 2. The van der Waals surface area contributed by atoms with Crippen molar-refractivity contribution in [3.63, 3.8) is 0 Å². The standard InChI is InChI=1S/C12H19N3O3/c1-5-12(3,7-10(16)17)13-11(18)9-6-8(2)14-15(9)4/h6H,5,7H2,1-4H3,(H,13,18)(H,16,17)/t12-/m0/s1. The number of rotatable bonds is 5. The van der Waals surface area contributed by atoms with Crippen molar-refractivity contribution in [3.8, 4) is 0 Å². The Morgan fingerprint density at radius 1 is 1.56 bits per heavy atom. The molecule has 2 N–H and O–H groups in total. The topological polar surface area (TPSA) is 84.2 Å². The summed E-state index contributed by atoms with van der Waals surface area (Å²) in [5.74, 6) is -1.23. The number of nitrogens with one attached hydrogen (secondary N) is 1. The highest BCUT2D eigenvalue weighted by Crippen LogP contribution is 2.15. The zero-order valence-electron chi connectivity index (χ0n) is 11.1. The lowest BCUT2D eigenvalue weighted by molar-refractivity contribution is -0.138. The lowest BCUT2D eigenvalue weighted by Crippen LogP contribution is -2.47. The summed E-state index contributed by atoms with van der Waals surface area (Å²) in [6, 6.07) is 1.67. The van der Waals surface area contributed by atoms with E-state index in [1.165, 1.54) is 4.68 Å². The third-order valence-corrected chi connectivity index (χ3v) is 2.97. The van der Waals surface area contributed by atoms with Crippen LogP contribution in [0.2, 0.25) is 0 Å². The molecule has 1 amide bonds. The minimum absolute atomic E-state index is 0.105. The van der Waals surface area contributed by atoms with E-state index in [9.17, 15) is 9.59 Å². The van der Waals surface area contributed by atoms with Crippen molar-refractivity contribution in [2.24, 2.45) is 7.05 Å². The van der Waals surface area contributed by atoms with E-state index in [1.54, 1.807) is 27.0 Å². The second kappa shape index (κ2) is 5.20. The summed E-state index contributed by atoms with van der Waals surface area (Å²) >= 11 is 0. The Labute approximate surface area is 106 Å². The lowest BCUT2D eigenvalue weighted by atomic mass is 9.94. The number of carboxylic acid groups (broad SMARTS) is 1. The first kappa shape index (κ1) is 14.2. The Morgan fingerprint density at radius 3 is 2.56 bits per heavy atom. The van der Waals surface area contributed by atoms with Crippen molar-refractivity contribution >= 4 is 11.9 Å². The molecule has 0 aliphatic carbocycles. The van der Waals surface area contributed by atoms with Crippen LogP contribution >= 0.6 is 0 Å². The molecule has 1 aromatic heterocycles. The number of carboxylic acids is 1. The van der Waals surface area contributed by atoms with Gasteiger partial charge in [0, 0.05) is 12.6 Å². The van der Waals surface area contributed by atoms with E-state index in [-0.39, 0.29) is 12.3 Å². The average molecular weight is 253 g/mol. The van der Waals surface area contributed by atoms with Crippen LogP contribution in [0.1, 0.15) is 42.9 Å². The van der Waals surface area contributed by atoms with Gasteiger partial charge in [-0.05, 0) is 26.3 Å². The molecule has 6 heteroatoms. The quantitative estimate of drug-likeness (QED) is 0.823. The summed E-state index contributed by atoms with van der Waals surface area (Å²) < 4.78 is 1.49. The van der Waals surface area contributed by atoms with Gasteiger partial charge in [-0.1, -0.05) is 6.92 Å². The highest BCUT2D eigenvalue weighted by Gasteiger charge is 2.28. The molecule has 1 rings (SSSR count). The van der Waals surface area contributed by atoms with Gasteiger partial charge in [0.05, 0.1) is 12.1 Å². The van der Waals surface area contributed by atoms with Crippen LogP contribution in [0.3, 0.4) is 0 Å². The third kappa shape index (κ3) is 3.32. The van der Waals surface area contributed by atoms with E-state index in [1.807, 2.05) is 6.92 Å². The maximum atomic E-state index is 12.1. The molecule has 0 unspecified atom stereocenters. The minimum atomic E-state index is -0.930. The van der Waals surface area contributed by atoms with Gasteiger partial charge in [0.15, 0.2) is 0 Å². The Morgan fingerprint density at radius 2 is 2.17 bits per heavy atom. The number of aliphatic carboxylic acids is 1. The molecule has 0 aromatic carbocycles. The number of hydrogen-bond acceptors (Lipinski definition) is 3. The largest absolute Gasteiger partial charge is 0.481 e. The van der Waals surface area contributed by atoms with Crippen molar-refractivity contribution in [1.82, 2.24) is 15.1 Å². The molecule has 0 aliphatic heterocycles. The fourth-order valence-electron chi connectivity index (χ4n) is 1.75. The molecule has 18 heavy (non-hydrogen) atoms. The van der Waals surface area contributed by atoms with Gasteiger partial charge in [-0.15, -0.1) is 0 Å². The third-order valence-electron chi connectivity index (χ3n) is 2.97. The molecule has 100 valence electrons. The molecule has 0 spiro atoms. The highest BCUT2D eigenvalue weighted by atomic mass is 16.4. The average Bonchev–Trinajstić information content (AvgIpc) is 2.56. The number of carbonyl (C=O) groups excluding carboxylic acids is 1. The predicted octanol–water partition coefficient (Wildman–Crippen LogP) is 1.10. The van der Waals surface area contributed by atoms with Gasteiger partial charge >= 0.3 is 5.97 Å². The number of nitrogens with zero attached hydrogens (tertiary/aromatic N) is 2. The van der Waals surface area contributed by atoms with Crippen LogP contribution in [-0.2, 0) is 11.8 Å². The van der Waals surface area contributed by atoms with Crippen LogP contribution in [0.5, 0.6) is 0 Å². The number of amides is 1. The molecule has 0 radical (unpaired) electrons. The summed E-state index contributed by atoms with van der Waals surface area (Å²) in [5, 5.41) is 15.7. The van der Waals surface area contributed by atoms with Crippen LogP contribution in [0, 0.1) is 6.92 Å². The second-order valence-corrected chi connectivity index (χ2v) is 4.73. The molecule has 0 saturated heterocycles. The predicted molar refractivity (Wildman–Crippen MR) is 66.4 cm³/mol. The van der Waals surface area contributed by atoms with Crippen molar-refractivity contribution in [2.75, 3.05) is 0 Å². The molecule has 1 atom stereocenters. The highest BCUT2D eigenvalue weighted by molar-refractivity contribution is 5.93. The smallest absolute Gasteiger partial charge is 0.305 e. The second-order valence-electron chi connectivity index (χ2n) is 4.73. The molecule has 0 fully saturated rings. The van der Waals surface area contributed by atoms with Gasteiger partial charge in [-0.3, -0.25) is 14.3 Å². The summed E-state index contributed by atoms with van der Waals surface area (Å²) in [4.78, 5) is 22.9. The maximum absolute atomic E-state index is 12.1. The molecule has 1 aromatic rings.